The van der Waals surface area contributed by atoms with Crippen LogP contribution in [0, 0.1) is 11.8 Å². The molecule has 2 aromatic rings. The standard InChI is InChI=1S/C18H16O2S/c19-21(20)18(15-14-17-10-5-2-6-11-17)13-7-12-16-8-3-1-4-9-16/h1-6,8-11H,12,14-15H2. The van der Waals surface area contributed by atoms with Crippen molar-refractivity contribution in [3.63, 3.8) is 0 Å². The number of aryl methyl sites for hydroxylation is 1. The predicted molar refractivity (Wildman–Crippen MR) is 86.6 cm³/mol. The molecule has 0 aliphatic rings. The number of hydrogen-bond acceptors (Lipinski definition) is 2. The molecule has 0 aliphatic carbocycles. The largest absolute Gasteiger partial charge is 0.225 e. The van der Waals surface area contributed by atoms with Crippen molar-refractivity contribution in [2.75, 3.05) is 0 Å². The lowest BCUT2D eigenvalue weighted by Crippen LogP contribution is -1.99. The smallest absolute Gasteiger partial charge is 0.184 e. The SMILES string of the molecule is O=S(=O)=C(C#CCc1ccccc1)CCc1ccccc1. The van der Waals surface area contributed by atoms with Crippen LogP contribution in [0.1, 0.15) is 17.5 Å². The monoisotopic (exact) mass is 296 g/mol. The Morgan fingerprint density at radius 3 is 2.00 bits per heavy atom. The molecule has 0 fully saturated rings. The molecule has 0 amide bonds. The molecule has 2 aromatic carbocycles. The van der Waals surface area contributed by atoms with Crippen molar-refractivity contribution in [1.82, 2.24) is 0 Å². The lowest BCUT2D eigenvalue weighted by Gasteiger charge is -1.98. The molecule has 0 N–H and O–H groups in total. The summed E-state index contributed by atoms with van der Waals surface area (Å²) in [5.41, 5.74) is 2.20. The Morgan fingerprint density at radius 1 is 0.857 bits per heavy atom. The van der Waals surface area contributed by atoms with E-state index in [1.54, 1.807) is 0 Å². The highest BCUT2D eigenvalue weighted by Gasteiger charge is 1.99. The molecule has 0 radical (unpaired) electrons. The highest BCUT2D eigenvalue weighted by Crippen LogP contribution is 2.03. The van der Waals surface area contributed by atoms with Gasteiger partial charge in [0.05, 0.1) is 0 Å². The fraction of sp³-hybridized carbons (Fsp3) is 0.167. The summed E-state index contributed by atoms with van der Waals surface area (Å²) in [6, 6.07) is 19.6. The molecule has 0 heterocycles. The molecule has 0 aromatic heterocycles. The molecule has 0 unspecified atom stereocenters. The Morgan fingerprint density at radius 2 is 1.43 bits per heavy atom. The van der Waals surface area contributed by atoms with E-state index in [1.165, 1.54) is 0 Å². The third-order valence-electron chi connectivity index (χ3n) is 3.05. The average Bonchev–Trinajstić information content (AvgIpc) is 2.52. The van der Waals surface area contributed by atoms with Gasteiger partial charge in [-0.05, 0) is 24.0 Å². The Hall–Kier alpha value is -2.31. The topological polar surface area (TPSA) is 34.1 Å². The van der Waals surface area contributed by atoms with Gasteiger partial charge in [-0.2, -0.15) is 8.42 Å². The summed E-state index contributed by atoms with van der Waals surface area (Å²) in [5.74, 6) is 5.73. The van der Waals surface area contributed by atoms with Crippen LogP contribution in [0.15, 0.2) is 60.7 Å². The second-order valence-electron chi connectivity index (χ2n) is 4.61. The van der Waals surface area contributed by atoms with E-state index in [4.69, 9.17) is 0 Å². The summed E-state index contributed by atoms with van der Waals surface area (Å²) in [4.78, 5) is 0.273. The van der Waals surface area contributed by atoms with E-state index in [-0.39, 0.29) is 4.86 Å². The van der Waals surface area contributed by atoms with Gasteiger partial charge in [0, 0.05) is 6.42 Å². The van der Waals surface area contributed by atoms with Gasteiger partial charge in [-0.1, -0.05) is 72.5 Å². The Kier molecular flexibility index (Phi) is 5.81. The van der Waals surface area contributed by atoms with Crippen LogP contribution < -0.4 is 0 Å². The van der Waals surface area contributed by atoms with Crippen LogP contribution in [0.4, 0.5) is 0 Å². The van der Waals surface area contributed by atoms with Gasteiger partial charge in [-0.15, -0.1) is 0 Å². The van der Waals surface area contributed by atoms with Gasteiger partial charge in [-0.3, -0.25) is 0 Å². The van der Waals surface area contributed by atoms with Crippen molar-refractivity contribution in [2.45, 2.75) is 19.3 Å². The molecule has 0 atom stereocenters. The zero-order valence-electron chi connectivity index (χ0n) is 11.6. The molecule has 0 saturated carbocycles. The van der Waals surface area contributed by atoms with Crippen LogP contribution in [-0.2, 0) is 23.1 Å². The minimum Gasteiger partial charge on any atom is -0.184 e. The molecule has 21 heavy (non-hydrogen) atoms. The first kappa shape index (κ1) is 15.1. The molecule has 0 saturated heterocycles. The average molecular weight is 296 g/mol. The second-order valence-corrected chi connectivity index (χ2v) is 5.57. The number of benzene rings is 2. The fourth-order valence-corrected chi connectivity index (χ4v) is 2.35. The van der Waals surface area contributed by atoms with E-state index in [1.807, 2.05) is 60.7 Å². The normalized spacial score (nSPS) is 9.52. The summed E-state index contributed by atoms with van der Waals surface area (Å²) in [6.45, 7) is 0. The van der Waals surface area contributed by atoms with Gasteiger partial charge >= 0.3 is 0 Å². The van der Waals surface area contributed by atoms with E-state index in [9.17, 15) is 8.42 Å². The first-order valence-corrected chi connectivity index (χ1v) is 7.85. The van der Waals surface area contributed by atoms with Gasteiger partial charge in [-0.25, -0.2) is 0 Å². The minimum absolute atomic E-state index is 0.273. The number of hydrogen-bond donors (Lipinski definition) is 0. The van der Waals surface area contributed by atoms with Gasteiger partial charge < -0.3 is 0 Å². The lowest BCUT2D eigenvalue weighted by molar-refractivity contribution is 0.627. The minimum atomic E-state index is -2.24. The van der Waals surface area contributed by atoms with E-state index in [0.717, 1.165) is 11.1 Å². The molecule has 106 valence electrons. The first-order valence-electron chi connectivity index (χ1n) is 6.77. The molecule has 0 bridgehead atoms. The number of rotatable bonds is 4. The van der Waals surface area contributed by atoms with E-state index in [0.29, 0.717) is 19.3 Å². The molecular formula is C18H16O2S. The molecule has 0 aliphatic heterocycles. The van der Waals surface area contributed by atoms with E-state index < -0.39 is 10.3 Å². The van der Waals surface area contributed by atoms with Crippen LogP contribution in [0.5, 0.6) is 0 Å². The maximum absolute atomic E-state index is 11.2. The third kappa shape index (κ3) is 5.29. The summed E-state index contributed by atoms with van der Waals surface area (Å²) in [6.07, 6.45) is 1.69. The van der Waals surface area contributed by atoms with Crippen molar-refractivity contribution >= 4 is 15.2 Å². The van der Waals surface area contributed by atoms with Crippen LogP contribution in [0.2, 0.25) is 0 Å². The lowest BCUT2D eigenvalue weighted by atomic mass is 10.1. The third-order valence-corrected chi connectivity index (χ3v) is 3.76. The zero-order valence-corrected chi connectivity index (χ0v) is 12.4. The van der Waals surface area contributed by atoms with Gasteiger partial charge in [0.1, 0.15) is 4.86 Å². The summed E-state index contributed by atoms with van der Waals surface area (Å²) in [5, 5.41) is 0. The Balaban J connectivity index is 2.00. The van der Waals surface area contributed by atoms with E-state index >= 15 is 0 Å². The van der Waals surface area contributed by atoms with Gasteiger partial charge in [0.15, 0.2) is 0 Å². The van der Waals surface area contributed by atoms with E-state index in [2.05, 4.69) is 11.8 Å². The predicted octanol–water partition coefficient (Wildman–Crippen LogP) is 2.92. The Labute approximate surface area is 127 Å². The van der Waals surface area contributed by atoms with Crippen molar-refractivity contribution in [2.24, 2.45) is 0 Å². The van der Waals surface area contributed by atoms with Crippen molar-refractivity contribution in [3.05, 3.63) is 71.8 Å². The quantitative estimate of drug-likeness (QED) is 0.642. The summed E-state index contributed by atoms with van der Waals surface area (Å²) in [7, 11) is -2.24. The van der Waals surface area contributed by atoms with Crippen LogP contribution in [0.25, 0.3) is 0 Å². The van der Waals surface area contributed by atoms with Gasteiger partial charge in [0.25, 0.3) is 0 Å². The van der Waals surface area contributed by atoms with Crippen LogP contribution in [-0.4, -0.2) is 13.3 Å². The van der Waals surface area contributed by atoms with Crippen molar-refractivity contribution in [3.8, 4) is 11.8 Å². The highest BCUT2D eigenvalue weighted by atomic mass is 32.2. The molecule has 2 nitrogen and oxygen atoms in total. The van der Waals surface area contributed by atoms with Crippen molar-refractivity contribution in [1.29, 1.82) is 0 Å². The molecule has 3 heteroatoms. The second kappa shape index (κ2) is 8.08. The van der Waals surface area contributed by atoms with Crippen molar-refractivity contribution < 1.29 is 8.42 Å². The molecular weight excluding hydrogens is 280 g/mol. The fourth-order valence-electron chi connectivity index (χ4n) is 1.93. The molecule has 0 spiro atoms. The van der Waals surface area contributed by atoms with Gasteiger partial charge in [0.2, 0.25) is 10.3 Å². The maximum Gasteiger partial charge on any atom is 0.225 e. The van der Waals surface area contributed by atoms with Crippen LogP contribution >= 0.6 is 0 Å². The van der Waals surface area contributed by atoms with Crippen LogP contribution in [0.3, 0.4) is 0 Å². The molecule has 2 rings (SSSR count). The summed E-state index contributed by atoms with van der Waals surface area (Å²) >= 11 is 0. The first-order chi connectivity index (χ1) is 10.3. The zero-order chi connectivity index (χ0) is 14.9. The Bertz CT molecular complexity index is 756. The maximum atomic E-state index is 11.2. The highest BCUT2D eigenvalue weighted by molar-refractivity contribution is 7.73. The summed E-state index contributed by atoms with van der Waals surface area (Å²) < 4.78 is 22.4.